The molecule has 0 N–H and O–H groups in total. The molecule has 1 aliphatic carbocycles. The van der Waals surface area contributed by atoms with Crippen molar-refractivity contribution in [1.29, 1.82) is 5.26 Å². The minimum atomic E-state index is -0.134. The lowest BCUT2D eigenvalue weighted by atomic mass is 9.80. The Hall–Kier alpha value is -6.89. The quantitative estimate of drug-likeness (QED) is 0.176. The SMILES string of the molecule is CC1(C)c2ccccc2-c2cc(-c3ccc(C#N)cc3)c(-c3cccc(-c4cccc(-c5cc(-c6ccccc6)nc(-c6ccccc6)n5)c4)c3)cc21. The smallest absolute Gasteiger partial charge is 0.160 e. The van der Waals surface area contributed by atoms with Crippen LogP contribution in [0.15, 0.2) is 176 Å². The van der Waals surface area contributed by atoms with Gasteiger partial charge in [0.1, 0.15) is 0 Å². The van der Waals surface area contributed by atoms with Crippen molar-refractivity contribution >= 4 is 0 Å². The van der Waals surface area contributed by atoms with Crippen molar-refractivity contribution in [1.82, 2.24) is 9.97 Å². The van der Waals surface area contributed by atoms with Crippen molar-refractivity contribution in [2.45, 2.75) is 19.3 Å². The lowest BCUT2D eigenvalue weighted by molar-refractivity contribution is 0.660. The molecule has 0 saturated carbocycles. The number of benzene rings is 7. The molecular weight excluding hydrogens is 643 g/mol. The highest BCUT2D eigenvalue weighted by Gasteiger charge is 2.36. The molecule has 0 amide bonds. The fourth-order valence-corrected chi connectivity index (χ4v) is 7.74. The van der Waals surface area contributed by atoms with E-state index in [2.05, 4.69) is 147 Å². The van der Waals surface area contributed by atoms with E-state index in [4.69, 9.17) is 9.97 Å². The zero-order valence-corrected chi connectivity index (χ0v) is 29.6. The zero-order valence-electron chi connectivity index (χ0n) is 29.6. The molecule has 0 bridgehead atoms. The van der Waals surface area contributed by atoms with Gasteiger partial charge in [-0.15, -0.1) is 0 Å². The van der Waals surface area contributed by atoms with E-state index in [1.54, 1.807) is 0 Å². The van der Waals surface area contributed by atoms with Crippen molar-refractivity contribution in [2.24, 2.45) is 0 Å². The molecule has 1 heterocycles. The summed E-state index contributed by atoms with van der Waals surface area (Å²) in [5, 5.41) is 9.53. The Labute approximate surface area is 310 Å². The average Bonchev–Trinajstić information content (AvgIpc) is 3.46. The first-order valence-corrected chi connectivity index (χ1v) is 18.0. The van der Waals surface area contributed by atoms with Gasteiger partial charge in [-0.05, 0) is 98.1 Å². The zero-order chi connectivity index (χ0) is 35.9. The Morgan fingerprint density at radius 1 is 0.396 bits per heavy atom. The summed E-state index contributed by atoms with van der Waals surface area (Å²) >= 11 is 0. The minimum absolute atomic E-state index is 0.134. The fourth-order valence-electron chi connectivity index (χ4n) is 7.74. The van der Waals surface area contributed by atoms with Gasteiger partial charge in [-0.3, -0.25) is 0 Å². The minimum Gasteiger partial charge on any atom is -0.228 e. The van der Waals surface area contributed by atoms with Gasteiger partial charge in [-0.2, -0.15) is 5.26 Å². The molecular formula is C50H35N3. The molecule has 0 unspecified atom stereocenters. The summed E-state index contributed by atoms with van der Waals surface area (Å²) < 4.78 is 0. The first-order valence-electron chi connectivity index (χ1n) is 18.0. The van der Waals surface area contributed by atoms with Crippen molar-refractivity contribution in [3.05, 3.63) is 193 Å². The predicted octanol–water partition coefficient (Wildman–Crippen LogP) is 12.7. The number of nitriles is 1. The van der Waals surface area contributed by atoms with Crippen LogP contribution in [0.5, 0.6) is 0 Å². The Morgan fingerprint density at radius 2 is 0.943 bits per heavy atom. The number of rotatable bonds is 6. The number of hydrogen-bond acceptors (Lipinski definition) is 3. The van der Waals surface area contributed by atoms with Gasteiger partial charge in [0.15, 0.2) is 5.82 Å². The van der Waals surface area contributed by atoms with Crippen LogP contribution in [0.25, 0.3) is 78.4 Å². The molecule has 1 aliphatic rings. The maximum atomic E-state index is 9.53. The van der Waals surface area contributed by atoms with Crippen molar-refractivity contribution in [3.8, 4) is 84.5 Å². The Balaban J connectivity index is 1.17. The second-order valence-electron chi connectivity index (χ2n) is 14.2. The van der Waals surface area contributed by atoms with Gasteiger partial charge in [-0.1, -0.05) is 147 Å². The molecule has 0 atom stereocenters. The first kappa shape index (κ1) is 32.0. The fraction of sp³-hybridized carbons (Fsp3) is 0.0600. The van der Waals surface area contributed by atoms with Crippen molar-refractivity contribution in [2.75, 3.05) is 0 Å². The molecule has 8 aromatic rings. The molecule has 250 valence electrons. The normalized spacial score (nSPS) is 12.5. The lowest BCUT2D eigenvalue weighted by Gasteiger charge is -2.23. The number of fused-ring (bicyclic) bond motifs is 3. The maximum absolute atomic E-state index is 9.53. The molecule has 1 aromatic heterocycles. The van der Waals surface area contributed by atoms with E-state index in [1.807, 2.05) is 48.5 Å². The summed E-state index contributed by atoms with van der Waals surface area (Å²) in [6.45, 7) is 4.65. The van der Waals surface area contributed by atoms with E-state index >= 15 is 0 Å². The molecule has 0 radical (unpaired) electrons. The van der Waals surface area contributed by atoms with Crippen LogP contribution < -0.4 is 0 Å². The van der Waals surface area contributed by atoms with Crippen LogP contribution in [0, 0.1) is 11.3 Å². The summed E-state index contributed by atoms with van der Waals surface area (Å²) in [5.74, 6) is 0.700. The summed E-state index contributed by atoms with van der Waals surface area (Å²) in [6.07, 6.45) is 0. The van der Waals surface area contributed by atoms with E-state index in [-0.39, 0.29) is 5.41 Å². The van der Waals surface area contributed by atoms with E-state index in [0.29, 0.717) is 11.4 Å². The summed E-state index contributed by atoms with van der Waals surface area (Å²) in [4.78, 5) is 10.1. The van der Waals surface area contributed by atoms with Gasteiger partial charge >= 0.3 is 0 Å². The van der Waals surface area contributed by atoms with E-state index in [1.165, 1.54) is 27.8 Å². The van der Waals surface area contributed by atoms with Gasteiger partial charge in [-0.25, -0.2) is 9.97 Å². The lowest BCUT2D eigenvalue weighted by Crippen LogP contribution is -2.15. The van der Waals surface area contributed by atoms with Gasteiger partial charge < -0.3 is 0 Å². The topological polar surface area (TPSA) is 49.6 Å². The molecule has 3 heteroatoms. The monoisotopic (exact) mass is 677 g/mol. The highest BCUT2D eigenvalue weighted by atomic mass is 14.9. The molecule has 53 heavy (non-hydrogen) atoms. The highest BCUT2D eigenvalue weighted by molar-refractivity contribution is 5.93. The molecule has 3 nitrogen and oxygen atoms in total. The second-order valence-corrected chi connectivity index (χ2v) is 14.2. The van der Waals surface area contributed by atoms with E-state index in [0.717, 1.165) is 55.9 Å². The number of aromatic nitrogens is 2. The van der Waals surface area contributed by atoms with Crippen molar-refractivity contribution < 1.29 is 0 Å². The third-order valence-electron chi connectivity index (χ3n) is 10.5. The molecule has 0 fully saturated rings. The van der Waals surface area contributed by atoms with Crippen LogP contribution in [0.1, 0.15) is 30.5 Å². The standard InChI is InChI=1S/C50H35N3/c1-50(2)45-22-10-9-21-41(45)44-29-42(34-25-23-33(32-51)24-26-34)43(30-46(44)50)39-19-11-17-37(27-39)38-18-12-20-40(28-38)48-31-47(35-13-5-3-6-14-35)52-49(53-48)36-15-7-4-8-16-36/h3-31H,1-2H3. The van der Waals surface area contributed by atoms with Crippen LogP contribution in [0.2, 0.25) is 0 Å². The third kappa shape index (κ3) is 5.81. The van der Waals surface area contributed by atoms with Gasteiger partial charge in [0.2, 0.25) is 0 Å². The van der Waals surface area contributed by atoms with Crippen LogP contribution in [0.3, 0.4) is 0 Å². The second kappa shape index (κ2) is 13.0. The molecule has 9 rings (SSSR count). The van der Waals surface area contributed by atoms with Gasteiger partial charge in [0, 0.05) is 22.1 Å². The van der Waals surface area contributed by atoms with Gasteiger partial charge in [0.25, 0.3) is 0 Å². The van der Waals surface area contributed by atoms with Gasteiger partial charge in [0.05, 0.1) is 23.0 Å². The number of nitrogens with zero attached hydrogens (tertiary/aromatic N) is 3. The highest BCUT2D eigenvalue weighted by Crippen LogP contribution is 2.52. The Bertz CT molecular complexity index is 2630. The van der Waals surface area contributed by atoms with Crippen LogP contribution in [0.4, 0.5) is 0 Å². The summed E-state index contributed by atoms with van der Waals surface area (Å²) in [6, 6.07) is 63.8. The predicted molar refractivity (Wildman–Crippen MR) is 217 cm³/mol. The largest absolute Gasteiger partial charge is 0.228 e. The maximum Gasteiger partial charge on any atom is 0.160 e. The average molecular weight is 678 g/mol. The molecule has 0 aliphatic heterocycles. The molecule has 0 spiro atoms. The Morgan fingerprint density at radius 3 is 1.64 bits per heavy atom. The van der Waals surface area contributed by atoms with Crippen LogP contribution >= 0.6 is 0 Å². The molecule has 0 saturated heterocycles. The summed E-state index contributed by atoms with van der Waals surface area (Å²) in [5.41, 5.74) is 17.3. The Kier molecular flexibility index (Phi) is 7.87. The summed E-state index contributed by atoms with van der Waals surface area (Å²) in [7, 11) is 0. The van der Waals surface area contributed by atoms with Crippen LogP contribution in [-0.4, -0.2) is 9.97 Å². The van der Waals surface area contributed by atoms with Crippen molar-refractivity contribution in [3.63, 3.8) is 0 Å². The third-order valence-corrected chi connectivity index (χ3v) is 10.5. The van der Waals surface area contributed by atoms with E-state index in [9.17, 15) is 5.26 Å². The van der Waals surface area contributed by atoms with Crippen LogP contribution in [-0.2, 0) is 5.41 Å². The first-order chi connectivity index (χ1) is 26.0. The van der Waals surface area contributed by atoms with E-state index < -0.39 is 0 Å². The molecule has 7 aromatic carbocycles. The number of hydrogen-bond donors (Lipinski definition) is 0.